The molecule has 2 heteroatoms. The van der Waals surface area contributed by atoms with Crippen LogP contribution < -0.4 is 5.32 Å². The predicted molar refractivity (Wildman–Crippen MR) is 86.9 cm³/mol. The van der Waals surface area contributed by atoms with E-state index in [1.165, 1.54) is 11.1 Å². The van der Waals surface area contributed by atoms with Gasteiger partial charge in [-0.2, -0.15) is 0 Å². The van der Waals surface area contributed by atoms with Crippen LogP contribution in [0.15, 0.2) is 24.3 Å². The molecule has 112 valence electrons. The molecule has 1 saturated heterocycles. The monoisotopic (exact) mass is 274 g/mol. The van der Waals surface area contributed by atoms with Crippen LogP contribution in [0.3, 0.4) is 0 Å². The zero-order chi connectivity index (χ0) is 14.8. The fourth-order valence-corrected chi connectivity index (χ4v) is 3.14. The first-order chi connectivity index (χ1) is 9.41. The highest BCUT2D eigenvalue weighted by atomic mass is 15.2. The molecule has 1 fully saturated rings. The van der Waals surface area contributed by atoms with Gasteiger partial charge in [-0.3, -0.25) is 4.90 Å². The van der Waals surface area contributed by atoms with Crippen molar-refractivity contribution in [2.75, 3.05) is 13.1 Å². The molecule has 1 aromatic rings. The van der Waals surface area contributed by atoms with Crippen molar-refractivity contribution >= 4 is 0 Å². The van der Waals surface area contributed by atoms with Crippen molar-refractivity contribution in [1.82, 2.24) is 10.2 Å². The predicted octanol–water partition coefficient (Wildman–Crippen LogP) is 3.46. The van der Waals surface area contributed by atoms with Crippen molar-refractivity contribution in [3.63, 3.8) is 0 Å². The molecule has 1 aromatic carbocycles. The Morgan fingerprint density at radius 2 is 1.80 bits per heavy atom. The molecule has 1 heterocycles. The number of hydrogen-bond acceptors (Lipinski definition) is 2. The van der Waals surface area contributed by atoms with E-state index in [4.69, 9.17) is 0 Å². The van der Waals surface area contributed by atoms with E-state index < -0.39 is 0 Å². The second-order valence-corrected chi connectivity index (χ2v) is 7.15. The highest BCUT2D eigenvalue weighted by Gasteiger charge is 2.33. The fraction of sp³-hybridized carbons (Fsp3) is 0.667. The van der Waals surface area contributed by atoms with Crippen LogP contribution in [-0.2, 0) is 13.0 Å². The first-order valence-corrected chi connectivity index (χ1v) is 7.98. The minimum atomic E-state index is 0.217. The van der Waals surface area contributed by atoms with Crippen LogP contribution in [0.5, 0.6) is 0 Å². The van der Waals surface area contributed by atoms with Gasteiger partial charge in [0.2, 0.25) is 0 Å². The number of rotatable bonds is 4. The third-order valence-electron chi connectivity index (χ3n) is 4.44. The maximum atomic E-state index is 3.68. The van der Waals surface area contributed by atoms with Gasteiger partial charge in [-0.25, -0.2) is 0 Å². The molecule has 0 amide bonds. The Hall–Kier alpha value is -0.860. The quantitative estimate of drug-likeness (QED) is 0.904. The summed E-state index contributed by atoms with van der Waals surface area (Å²) in [6.45, 7) is 14.8. The summed E-state index contributed by atoms with van der Waals surface area (Å²) >= 11 is 0. The van der Waals surface area contributed by atoms with Gasteiger partial charge < -0.3 is 5.32 Å². The summed E-state index contributed by atoms with van der Waals surface area (Å²) in [5.41, 5.74) is 3.08. The number of benzene rings is 1. The summed E-state index contributed by atoms with van der Waals surface area (Å²) in [7, 11) is 0. The summed E-state index contributed by atoms with van der Waals surface area (Å²) < 4.78 is 0. The Morgan fingerprint density at radius 3 is 2.35 bits per heavy atom. The first-order valence-electron chi connectivity index (χ1n) is 7.98. The van der Waals surface area contributed by atoms with Crippen LogP contribution in [0, 0.1) is 5.92 Å². The lowest BCUT2D eigenvalue weighted by molar-refractivity contribution is 0.0627. The maximum absolute atomic E-state index is 3.68. The van der Waals surface area contributed by atoms with E-state index in [1.54, 1.807) is 0 Å². The van der Waals surface area contributed by atoms with Crippen LogP contribution in [-0.4, -0.2) is 29.6 Å². The number of hydrogen-bond donors (Lipinski definition) is 1. The molecule has 0 spiro atoms. The third-order valence-corrected chi connectivity index (χ3v) is 4.44. The molecular formula is C18H30N2. The van der Waals surface area contributed by atoms with E-state index in [0.29, 0.717) is 12.0 Å². The van der Waals surface area contributed by atoms with E-state index in [-0.39, 0.29) is 5.54 Å². The van der Waals surface area contributed by atoms with Crippen LogP contribution in [0.1, 0.15) is 45.7 Å². The van der Waals surface area contributed by atoms with E-state index in [2.05, 4.69) is 69.1 Å². The van der Waals surface area contributed by atoms with Crippen molar-refractivity contribution < 1.29 is 0 Å². The number of aryl methyl sites for hydroxylation is 1. The van der Waals surface area contributed by atoms with Crippen LogP contribution in [0.4, 0.5) is 0 Å². The second-order valence-electron chi connectivity index (χ2n) is 7.15. The van der Waals surface area contributed by atoms with Gasteiger partial charge >= 0.3 is 0 Å². The molecule has 2 rings (SSSR count). The van der Waals surface area contributed by atoms with Crippen LogP contribution >= 0.6 is 0 Å². The standard InChI is InChI=1S/C18H30N2/c1-6-15-7-9-16(10-8-15)12-20-13-18(4,5)19-11-17(20)14(2)3/h7-10,14,17,19H,6,11-13H2,1-5H3. The van der Waals surface area contributed by atoms with Gasteiger partial charge in [-0.15, -0.1) is 0 Å². The fourth-order valence-electron chi connectivity index (χ4n) is 3.14. The van der Waals surface area contributed by atoms with Crippen molar-refractivity contribution in [2.24, 2.45) is 5.92 Å². The number of piperazine rings is 1. The van der Waals surface area contributed by atoms with Crippen molar-refractivity contribution in [3.05, 3.63) is 35.4 Å². The summed E-state index contributed by atoms with van der Waals surface area (Å²) in [6, 6.07) is 9.77. The molecule has 0 aromatic heterocycles. The first kappa shape index (κ1) is 15.5. The SMILES string of the molecule is CCc1ccc(CN2CC(C)(C)NCC2C(C)C)cc1. The van der Waals surface area contributed by atoms with Crippen LogP contribution in [0.2, 0.25) is 0 Å². The Balaban J connectivity index is 2.09. The molecule has 0 aliphatic carbocycles. The number of nitrogens with zero attached hydrogens (tertiary/aromatic N) is 1. The molecule has 1 unspecified atom stereocenters. The topological polar surface area (TPSA) is 15.3 Å². The molecule has 1 aliphatic heterocycles. The van der Waals surface area contributed by atoms with Gasteiger partial charge in [0.15, 0.2) is 0 Å². The van der Waals surface area contributed by atoms with Gasteiger partial charge in [0.05, 0.1) is 0 Å². The van der Waals surface area contributed by atoms with Crippen molar-refractivity contribution in [1.29, 1.82) is 0 Å². The minimum Gasteiger partial charge on any atom is -0.309 e. The molecule has 1 atom stereocenters. The molecule has 0 radical (unpaired) electrons. The smallest absolute Gasteiger partial charge is 0.0253 e. The summed E-state index contributed by atoms with van der Waals surface area (Å²) in [6.07, 6.45) is 1.12. The number of nitrogens with one attached hydrogen (secondary N) is 1. The molecule has 20 heavy (non-hydrogen) atoms. The zero-order valence-electron chi connectivity index (χ0n) is 13.7. The third kappa shape index (κ3) is 3.83. The second kappa shape index (κ2) is 6.28. The molecule has 0 bridgehead atoms. The molecular weight excluding hydrogens is 244 g/mol. The van der Waals surface area contributed by atoms with Crippen LogP contribution in [0.25, 0.3) is 0 Å². The Kier molecular flexibility index (Phi) is 4.87. The largest absolute Gasteiger partial charge is 0.309 e. The van der Waals surface area contributed by atoms with E-state index in [1.807, 2.05) is 0 Å². The van der Waals surface area contributed by atoms with Gasteiger partial charge in [0.1, 0.15) is 0 Å². The van der Waals surface area contributed by atoms with Gasteiger partial charge in [0.25, 0.3) is 0 Å². The average Bonchev–Trinajstić information content (AvgIpc) is 2.38. The zero-order valence-corrected chi connectivity index (χ0v) is 13.7. The summed E-state index contributed by atoms with van der Waals surface area (Å²) in [5, 5.41) is 3.68. The highest BCUT2D eigenvalue weighted by molar-refractivity contribution is 5.22. The molecule has 1 aliphatic rings. The minimum absolute atomic E-state index is 0.217. The molecule has 1 N–H and O–H groups in total. The van der Waals surface area contributed by atoms with E-state index >= 15 is 0 Å². The lowest BCUT2D eigenvalue weighted by atomic mass is 9.92. The van der Waals surface area contributed by atoms with E-state index in [9.17, 15) is 0 Å². The summed E-state index contributed by atoms with van der Waals surface area (Å²) in [4.78, 5) is 2.65. The Morgan fingerprint density at radius 1 is 1.20 bits per heavy atom. The van der Waals surface area contributed by atoms with Crippen molar-refractivity contribution in [3.8, 4) is 0 Å². The maximum Gasteiger partial charge on any atom is 0.0253 e. The lowest BCUT2D eigenvalue weighted by Crippen LogP contribution is -2.62. The lowest BCUT2D eigenvalue weighted by Gasteiger charge is -2.46. The molecule has 2 nitrogen and oxygen atoms in total. The average molecular weight is 274 g/mol. The van der Waals surface area contributed by atoms with Gasteiger partial charge in [-0.1, -0.05) is 45.0 Å². The van der Waals surface area contributed by atoms with Crippen molar-refractivity contribution in [2.45, 2.75) is 59.2 Å². The summed E-state index contributed by atoms with van der Waals surface area (Å²) in [5.74, 6) is 0.688. The normalized spacial score (nSPS) is 23.2. The van der Waals surface area contributed by atoms with Gasteiger partial charge in [-0.05, 0) is 37.3 Å². The van der Waals surface area contributed by atoms with E-state index in [0.717, 1.165) is 26.1 Å². The highest BCUT2D eigenvalue weighted by Crippen LogP contribution is 2.22. The Labute approximate surface area is 124 Å². The molecule has 0 saturated carbocycles. The van der Waals surface area contributed by atoms with Gasteiger partial charge in [0, 0.05) is 31.2 Å². The Bertz CT molecular complexity index is 420.